The number of rotatable bonds is 8. The molecule has 0 unspecified atom stereocenters. The van der Waals surface area contributed by atoms with Crippen molar-refractivity contribution in [3.63, 3.8) is 0 Å². The smallest absolute Gasteiger partial charge is 0.304 e. The Morgan fingerprint density at radius 1 is 0.462 bits per heavy atom. The number of carboxylic acids is 4. The predicted octanol–water partition coefficient (Wildman–Crippen LogP) is 1.79. The molecule has 0 saturated heterocycles. The van der Waals surface area contributed by atoms with Crippen molar-refractivity contribution < 1.29 is 39.6 Å². The van der Waals surface area contributed by atoms with Gasteiger partial charge < -0.3 is 20.4 Å². The molecule has 0 spiro atoms. The summed E-state index contributed by atoms with van der Waals surface area (Å²) in [5.41, 5.74) is 0. The number of hydrogen-bond acceptors (Lipinski definition) is 8. The molecule has 0 aromatic carbocycles. The molecule has 26 heavy (non-hydrogen) atoms. The van der Waals surface area contributed by atoms with Gasteiger partial charge in [0.2, 0.25) is 0 Å². The minimum Gasteiger partial charge on any atom is -0.481 e. The molecule has 160 valence electrons. The molecular formula is C12H28O8S6. The van der Waals surface area contributed by atoms with Crippen molar-refractivity contribution in [3.8, 4) is 0 Å². The lowest BCUT2D eigenvalue weighted by Gasteiger charge is -1.79. The van der Waals surface area contributed by atoms with Gasteiger partial charge in [-0.05, 0) is 0 Å². The molecule has 4 N–H and O–H groups in total. The summed E-state index contributed by atoms with van der Waals surface area (Å²) in [6.45, 7) is 0. The van der Waals surface area contributed by atoms with E-state index >= 15 is 0 Å². The first kappa shape index (κ1) is 40.6. The molecule has 0 aromatic heterocycles. The maximum absolute atomic E-state index is 9.55. The second-order valence-corrected chi connectivity index (χ2v) is 5.26. The summed E-state index contributed by atoms with van der Waals surface area (Å²) in [6, 6.07) is 0. The number of hydrogen-bond donors (Lipinski definition) is 8. The molecule has 0 radical (unpaired) electrons. The highest BCUT2D eigenvalue weighted by Crippen LogP contribution is 1.81. The van der Waals surface area contributed by atoms with Crippen molar-refractivity contribution in [2.45, 2.75) is 25.7 Å². The van der Waals surface area contributed by atoms with E-state index in [0.717, 1.165) is 0 Å². The summed E-state index contributed by atoms with van der Waals surface area (Å²) >= 11 is 14.7. The van der Waals surface area contributed by atoms with Crippen LogP contribution in [0.4, 0.5) is 0 Å². The second kappa shape index (κ2) is 36.0. The Hall–Kier alpha value is -0.0200. The highest BCUT2D eigenvalue weighted by molar-refractivity contribution is 7.80. The van der Waals surface area contributed by atoms with Crippen molar-refractivity contribution in [2.75, 3.05) is 23.0 Å². The Balaban J connectivity index is -0.0000000500. The van der Waals surface area contributed by atoms with E-state index < -0.39 is 23.9 Å². The van der Waals surface area contributed by atoms with Crippen LogP contribution in [0.15, 0.2) is 0 Å². The van der Waals surface area contributed by atoms with Gasteiger partial charge in [0.15, 0.2) is 0 Å². The Morgan fingerprint density at radius 2 is 0.577 bits per heavy atom. The molecule has 0 atom stereocenters. The normalized spacial score (nSPS) is 7.54. The highest BCUT2D eigenvalue weighted by atomic mass is 32.1. The van der Waals surface area contributed by atoms with E-state index in [4.69, 9.17) is 20.4 Å². The van der Waals surface area contributed by atoms with Gasteiger partial charge in [-0.2, -0.15) is 77.5 Å². The Bertz CT molecular complexity index is 280. The van der Waals surface area contributed by atoms with Crippen LogP contribution in [0.5, 0.6) is 0 Å². The maximum Gasteiger partial charge on any atom is 0.304 e. The summed E-state index contributed by atoms with van der Waals surface area (Å²) in [5.74, 6) is -1.44. The summed E-state index contributed by atoms with van der Waals surface area (Å²) in [5, 5.41) is 31.5. The molecule has 14 heteroatoms. The van der Waals surface area contributed by atoms with Gasteiger partial charge in [-0.15, -0.1) is 0 Å². The van der Waals surface area contributed by atoms with Gasteiger partial charge in [-0.1, -0.05) is 0 Å². The summed E-state index contributed by atoms with van der Waals surface area (Å²) in [7, 11) is 0. The molecule has 0 aliphatic rings. The highest BCUT2D eigenvalue weighted by Gasteiger charge is 1.89. The minimum atomic E-state index is -0.787. The maximum atomic E-state index is 9.55. The molecular weight excluding hydrogens is 465 g/mol. The fourth-order valence-electron chi connectivity index (χ4n) is 0.383. The van der Waals surface area contributed by atoms with Gasteiger partial charge in [0.05, 0.1) is 25.7 Å². The van der Waals surface area contributed by atoms with Gasteiger partial charge in [0.1, 0.15) is 0 Å². The third-order valence-corrected chi connectivity index (χ3v) is 2.20. The molecule has 0 heterocycles. The van der Waals surface area contributed by atoms with Crippen LogP contribution in [0, 0.1) is 0 Å². The molecule has 8 nitrogen and oxygen atoms in total. The zero-order valence-electron chi connectivity index (χ0n) is 13.9. The molecule has 0 aliphatic carbocycles. The first-order valence-electron chi connectivity index (χ1n) is 6.39. The summed E-state index contributed by atoms with van der Waals surface area (Å²) < 4.78 is 0. The van der Waals surface area contributed by atoms with Crippen molar-refractivity contribution in [3.05, 3.63) is 0 Å². The second-order valence-electron chi connectivity index (χ2n) is 3.47. The van der Waals surface area contributed by atoms with Crippen molar-refractivity contribution >= 4 is 101 Å². The summed E-state index contributed by atoms with van der Waals surface area (Å²) in [6.07, 6.45) is 0.623. The van der Waals surface area contributed by atoms with E-state index in [0.29, 0.717) is 23.0 Å². The van der Waals surface area contributed by atoms with Crippen LogP contribution in [-0.4, -0.2) is 67.3 Å². The van der Waals surface area contributed by atoms with E-state index in [1.54, 1.807) is 0 Å². The molecule has 0 aromatic rings. The van der Waals surface area contributed by atoms with Crippen molar-refractivity contribution in [1.29, 1.82) is 0 Å². The average Bonchev–Trinajstić information content (AvgIpc) is 2.39. The summed E-state index contributed by atoms with van der Waals surface area (Å²) in [4.78, 5) is 38.2. The van der Waals surface area contributed by atoms with Crippen LogP contribution in [0.3, 0.4) is 0 Å². The number of carbonyl (C=O) groups is 4. The van der Waals surface area contributed by atoms with E-state index in [1.165, 1.54) is 0 Å². The number of carboxylic acid groups (broad SMARTS) is 4. The zero-order valence-corrected chi connectivity index (χ0v) is 19.4. The lowest BCUT2D eigenvalue weighted by atomic mass is 10.5. The van der Waals surface area contributed by atoms with Crippen molar-refractivity contribution in [2.24, 2.45) is 0 Å². The van der Waals surface area contributed by atoms with E-state index in [-0.39, 0.29) is 52.7 Å². The third kappa shape index (κ3) is 88.2. The monoisotopic (exact) mass is 492 g/mol. The van der Waals surface area contributed by atoms with Gasteiger partial charge in [-0.3, -0.25) is 19.2 Å². The third-order valence-electron chi connectivity index (χ3n) is 1.30. The molecule has 0 fully saturated rings. The fraction of sp³-hybridized carbons (Fsp3) is 0.667. The van der Waals surface area contributed by atoms with Crippen LogP contribution >= 0.6 is 77.5 Å². The quantitative estimate of drug-likeness (QED) is 0.239. The number of thiol groups is 4. The largest absolute Gasteiger partial charge is 0.481 e. The molecule has 0 aliphatic heterocycles. The fourth-order valence-corrected chi connectivity index (χ4v) is 1.15. The lowest BCUT2D eigenvalue weighted by Crippen LogP contribution is -1.93. The topological polar surface area (TPSA) is 149 Å². The van der Waals surface area contributed by atoms with Gasteiger partial charge in [-0.25, -0.2) is 0 Å². The minimum absolute atomic E-state index is 0. The Labute approximate surface area is 189 Å². The number of aliphatic carboxylic acids is 4. The van der Waals surface area contributed by atoms with Crippen molar-refractivity contribution in [1.82, 2.24) is 0 Å². The SMILES string of the molecule is O=C(O)CCS.O=C(O)CCS.O=C(O)CCS.O=C(O)CCS.S.S. The molecule has 0 rings (SSSR count). The molecule has 0 amide bonds. The first-order chi connectivity index (χ1) is 11.1. The van der Waals surface area contributed by atoms with E-state index in [2.05, 4.69) is 50.5 Å². The van der Waals surface area contributed by atoms with Crippen LogP contribution in [0.1, 0.15) is 25.7 Å². The average molecular weight is 493 g/mol. The van der Waals surface area contributed by atoms with E-state index in [9.17, 15) is 19.2 Å². The molecule has 0 saturated carbocycles. The van der Waals surface area contributed by atoms with E-state index in [1.807, 2.05) is 0 Å². The standard InChI is InChI=1S/4C3H6O2S.2H2S/c4*4-3(5)1-2-6;;/h4*6H,1-2H2,(H,4,5);2*1H2. The lowest BCUT2D eigenvalue weighted by molar-refractivity contribution is -0.137. The van der Waals surface area contributed by atoms with Gasteiger partial charge in [0, 0.05) is 23.0 Å². The Kier molecular flexibility index (Phi) is 56.2. The van der Waals surface area contributed by atoms with Crippen LogP contribution in [0.2, 0.25) is 0 Å². The van der Waals surface area contributed by atoms with Gasteiger partial charge >= 0.3 is 23.9 Å². The predicted molar refractivity (Wildman–Crippen MR) is 125 cm³/mol. The van der Waals surface area contributed by atoms with Crippen LogP contribution in [0.25, 0.3) is 0 Å². The van der Waals surface area contributed by atoms with Gasteiger partial charge in [0.25, 0.3) is 0 Å². The van der Waals surface area contributed by atoms with Crippen LogP contribution in [-0.2, 0) is 19.2 Å². The zero-order chi connectivity index (χ0) is 20.0. The first-order valence-corrected chi connectivity index (χ1v) is 8.92. The Morgan fingerprint density at radius 3 is 0.577 bits per heavy atom. The van der Waals surface area contributed by atoms with Crippen LogP contribution < -0.4 is 0 Å². The molecule has 0 bridgehead atoms.